The number of methoxy groups -OCH3 is 1. The van der Waals surface area contributed by atoms with E-state index in [1.54, 1.807) is 30.3 Å². The highest BCUT2D eigenvalue weighted by molar-refractivity contribution is 6.35. The lowest BCUT2D eigenvalue weighted by Crippen LogP contribution is -2.27. The van der Waals surface area contributed by atoms with Gasteiger partial charge < -0.3 is 20.4 Å². The number of aromatic amines is 1. The molecule has 2 amide bonds. The summed E-state index contributed by atoms with van der Waals surface area (Å²) < 4.78 is 19.3. The van der Waals surface area contributed by atoms with Crippen LogP contribution in [0.1, 0.15) is 44.9 Å². The van der Waals surface area contributed by atoms with E-state index in [0.29, 0.717) is 34.6 Å². The van der Waals surface area contributed by atoms with Crippen LogP contribution in [0.4, 0.5) is 15.8 Å². The zero-order valence-corrected chi connectivity index (χ0v) is 22.6. The molecule has 0 radical (unpaired) electrons. The molecule has 4 aromatic rings. The van der Waals surface area contributed by atoms with Crippen molar-refractivity contribution in [3.8, 4) is 5.69 Å². The number of benzene rings is 2. The number of H-pyrrole nitrogens is 1. The van der Waals surface area contributed by atoms with Crippen LogP contribution < -0.4 is 16.2 Å². The van der Waals surface area contributed by atoms with Gasteiger partial charge in [-0.05, 0) is 86.0 Å². The minimum atomic E-state index is -0.622. The minimum absolute atomic E-state index is 0.0949. The van der Waals surface area contributed by atoms with E-state index in [0.717, 1.165) is 22.5 Å². The molecule has 0 saturated heterocycles. The lowest BCUT2D eigenvalue weighted by molar-refractivity contribution is -0.140. The molecule has 0 spiro atoms. The van der Waals surface area contributed by atoms with Crippen molar-refractivity contribution < 1.29 is 23.5 Å². The van der Waals surface area contributed by atoms with E-state index >= 15 is 0 Å². The number of ether oxygens (including phenoxy) is 1. The quantitative estimate of drug-likeness (QED) is 0.224. The molecule has 1 aliphatic rings. The normalized spacial score (nSPS) is 13.2. The van der Waals surface area contributed by atoms with Crippen LogP contribution in [-0.4, -0.2) is 34.4 Å². The van der Waals surface area contributed by atoms with Crippen LogP contribution in [-0.2, 0) is 20.7 Å². The highest BCUT2D eigenvalue weighted by Crippen LogP contribution is 2.36. The van der Waals surface area contributed by atoms with Gasteiger partial charge in [0.1, 0.15) is 11.4 Å². The second-order valence-electron chi connectivity index (χ2n) is 9.64. The number of aromatic nitrogens is 2. The minimum Gasteiger partial charge on any atom is -0.469 e. The van der Waals surface area contributed by atoms with Crippen LogP contribution in [0.15, 0.2) is 65.6 Å². The average Bonchev–Trinajstić information content (AvgIpc) is 3.41. The molecule has 3 N–H and O–H groups in total. The number of rotatable bonds is 7. The number of pyridine rings is 1. The predicted octanol–water partition coefficient (Wildman–Crippen LogP) is 4.77. The third kappa shape index (κ3) is 5.44. The molecule has 0 saturated carbocycles. The number of amides is 2. The number of halogens is 1. The third-order valence-electron chi connectivity index (χ3n) is 7.08. The molecular weight excluding hydrogens is 527 g/mol. The summed E-state index contributed by atoms with van der Waals surface area (Å²) >= 11 is 0. The fourth-order valence-electron chi connectivity index (χ4n) is 4.89. The molecule has 9 nitrogen and oxygen atoms in total. The molecule has 0 aliphatic carbocycles. The van der Waals surface area contributed by atoms with Crippen LogP contribution in [0.3, 0.4) is 0 Å². The molecule has 3 heterocycles. The van der Waals surface area contributed by atoms with Crippen molar-refractivity contribution in [3.05, 3.63) is 111 Å². The molecule has 0 atom stereocenters. The Bertz CT molecular complexity index is 1780. The number of nitrogens with one attached hydrogen (secondary N) is 3. The van der Waals surface area contributed by atoms with E-state index in [-0.39, 0.29) is 23.9 Å². The number of hydrogen-bond donors (Lipinski definition) is 3. The Hall–Kier alpha value is -5.25. The lowest BCUT2D eigenvalue weighted by Gasteiger charge is -2.10. The molecule has 41 heavy (non-hydrogen) atoms. The maximum Gasteiger partial charge on any atom is 0.305 e. The van der Waals surface area contributed by atoms with Crippen LogP contribution >= 0.6 is 0 Å². The van der Waals surface area contributed by atoms with Gasteiger partial charge in [0.25, 0.3) is 17.4 Å². The number of anilines is 2. The first-order chi connectivity index (χ1) is 19.7. The van der Waals surface area contributed by atoms with E-state index in [4.69, 9.17) is 4.74 Å². The summed E-state index contributed by atoms with van der Waals surface area (Å²) in [6.45, 7) is 3.85. The number of esters is 1. The molecule has 2 aromatic carbocycles. The predicted molar refractivity (Wildman–Crippen MR) is 153 cm³/mol. The van der Waals surface area contributed by atoms with E-state index < -0.39 is 17.3 Å². The fourth-order valence-corrected chi connectivity index (χ4v) is 4.89. The zero-order valence-electron chi connectivity index (χ0n) is 22.6. The van der Waals surface area contributed by atoms with E-state index in [1.165, 1.54) is 48.2 Å². The van der Waals surface area contributed by atoms with Crippen molar-refractivity contribution in [2.75, 3.05) is 17.7 Å². The zero-order chi connectivity index (χ0) is 29.3. The molecule has 2 aromatic heterocycles. The summed E-state index contributed by atoms with van der Waals surface area (Å²) in [7, 11) is 1.36. The van der Waals surface area contributed by atoms with Crippen molar-refractivity contribution in [2.45, 2.75) is 26.7 Å². The van der Waals surface area contributed by atoms with Crippen molar-refractivity contribution >= 4 is 40.8 Å². The highest BCUT2D eigenvalue weighted by atomic mass is 19.1. The summed E-state index contributed by atoms with van der Waals surface area (Å²) in [5.41, 5.74) is 5.41. The first-order valence-corrected chi connectivity index (χ1v) is 12.9. The molecule has 0 unspecified atom stereocenters. The van der Waals surface area contributed by atoms with Crippen LogP contribution in [0, 0.1) is 19.7 Å². The van der Waals surface area contributed by atoms with Crippen molar-refractivity contribution in [3.63, 3.8) is 0 Å². The molecular formula is C31H27FN4O5. The Balaban J connectivity index is 1.37. The van der Waals surface area contributed by atoms with Crippen LogP contribution in [0.2, 0.25) is 0 Å². The summed E-state index contributed by atoms with van der Waals surface area (Å²) in [5.74, 6) is -1.64. The number of fused-ring (bicyclic) bond motifs is 1. The Morgan fingerprint density at radius 2 is 1.83 bits per heavy atom. The first-order valence-electron chi connectivity index (χ1n) is 12.9. The number of aryl methyl sites for hydroxylation is 1. The number of carbonyl (C=O) groups excluding carboxylic acids is 3. The van der Waals surface area contributed by atoms with Crippen molar-refractivity contribution in [2.24, 2.45) is 0 Å². The Morgan fingerprint density at radius 3 is 2.56 bits per heavy atom. The Labute approximate surface area is 234 Å². The van der Waals surface area contributed by atoms with Gasteiger partial charge in [-0.25, -0.2) is 4.39 Å². The highest BCUT2D eigenvalue weighted by Gasteiger charge is 2.26. The van der Waals surface area contributed by atoms with Gasteiger partial charge in [0, 0.05) is 40.9 Å². The number of carbonyl (C=O) groups is 3. The number of hydrogen-bond acceptors (Lipinski definition) is 5. The molecule has 0 fully saturated rings. The standard InChI is InChI=1S/C31H27FN4O5/c1-17-22(12-13-28(37)41-3)18(2)33-26(17)16-25-23-11-8-20(15-27(23)35-30(25)39)34-29(38)24-5-4-14-36(31(24)40)21-9-6-19(32)7-10-21/h4-11,14-16,33H,12-13H2,1-3H3,(H,34,38)(H,35,39). The van der Waals surface area contributed by atoms with Gasteiger partial charge >= 0.3 is 5.97 Å². The fraction of sp³-hybridized carbons (Fsp3) is 0.161. The lowest BCUT2D eigenvalue weighted by atomic mass is 10.0. The van der Waals surface area contributed by atoms with E-state index in [2.05, 4.69) is 15.6 Å². The van der Waals surface area contributed by atoms with Gasteiger partial charge in [-0.15, -0.1) is 0 Å². The second-order valence-corrected chi connectivity index (χ2v) is 9.64. The third-order valence-corrected chi connectivity index (χ3v) is 7.08. The van der Waals surface area contributed by atoms with E-state index in [9.17, 15) is 23.6 Å². The van der Waals surface area contributed by atoms with Gasteiger partial charge in [-0.3, -0.25) is 23.7 Å². The maximum absolute atomic E-state index is 13.3. The van der Waals surface area contributed by atoms with Gasteiger partial charge in [-0.2, -0.15) is 0 Å². The van der Waals surface area contributed by atoms with Crippen molar-refractivity contribution in [1.29, 1.82) is 0 Å². The SMILES string of the molecule is COC(=O)CCc1c(C)[nH]c(C=C2C(=O)Nc3cc(NC(=O)c4cccn(-c5ccc(F)cc5)c4=O)ccc32)c1C. The van der Waals surface area contributed by atoms with Gasteiger partial charge in [0.05, 0.1) is 18.4 Å². The summed E-state index contributed by atoms with van der Waals surface area (Å²) in [6.07, 6.45) is 4.05. The maximum atomic E-state index is 13.3. The topological polar surface area (TPSA) is 122 Å². The average molecular weight is 555 g/mol. The van der Waals surface area contributed by atoms with Crippen molar-refractivity contribution in [1.82, 2.24) is 9.55 Å². The molecule has 1 aliphatic heterocycles. The molecule has 0 bridgehead atoms. The smallest absolute Gasteiger partial charge is 0.305 e. The first kappa shape index (κ1) is 27.3. The Morgan fingerprint density at radius 1 is 1.07 bits per heavy atom. The van der Waals surface area contributed by atoms with Gasteiger partial charge in [-0.1, -0.05) is 6.07 Å². The van der Waals surface area contributed by atoms with Crippen LogP contribution in [0.5, 0.6) is 0 Å². The summed E-state index contributed by atoms with van der Waals surface area (Å²) in [5, 5.41) is 5.54. The van der Waals surface area contributed by atoms with Crippen LogP contribution in [0.25, 0.3) is 17.3 Å². The summed E-state index contributed by atoms with van der Waals surface area (Å²) in [4.78, 5) is 53.8. The molecule has 5 rings (SSSR count). The van der Waals surface area contributed by atoms with Gasteiger partial charge in [0.2, 0.25) is 0 Å². The number of nitrogens with zero attached hydrogens (tertiary/aromatic N) is 1. The summed E-state index contributed by atoms with van der Waals surface area (Å²) in [6, 6.07) is 13.3. The molecule has 208 valence electrons. The largest absolute Gasteiger partial charge is 0.469 e. The Kier molecular flexibility index (Phi) is 7.39. The molecule has 10 heteroatoms. The second kappa shape index (κ2) is 11.1. The van der Waals surface area contributed by atoms with Gasteiger partial charge in [0.15, 0.2) is 0 Å². The monoisotopic (exact) mass is 554 g/mol. The van der Waals surface area contributed by atoms with E-state index in [1.807, 2.05) is 13.8 Å².